The molecular formula is C12H19N3O2. The molecule has 1 aromatic heterocycles. The van der Waals surface area contributed by atoms with Crippen molar-refractivity contribution in [3.8, 4) is 6.01 Å². The monoisotopic (exact) mass is 237 g/mol. The SMILES string of the molecule is CCOc1nc(C)c(NC(=O)C(C)C)c(C)n1. The van der Waals surface area contributed by atoms with E-state index < -0.39 is 0 Å². The lowest BCUT2D eigenvalue weighted by atomic mass is 10.2. The minimum atomic E-state index is -0.0691. The lowest BCUT2D eigenvalue weighted by molar-refractivity contribution is -0.118. The molecule has 0 radical (unpaired) electrons. The number of aromatic nitrogens is 2. The summed E-state index contributed by atoms with van der Waals surface area (Å²) in [6.45, 7) is 9.74. The molecule has 1 rings (SSSR count). The Morgan fingerprint density at radius 1 is 1.29 bits per heavy atom. The number of nitrogens with zero attached hydrogens (tertiary/aromatic N) is 2. The van der Waals surface area contributed by atoms with Gasteiger partial charge in [0.25, 0.3) is 0 Å². The third kappa shape index (κ3) is 3.41. The Kier molecular flexibility index (Phi) is 4.43. The fourth-order valence-electron chi connectivity index (χ4n) is 1.33. The van der Waals surface area contributed by atoms with Gasteiger partial charge in [0.2, 0.25) is 5.91 Å². The number of amides is 1. The van der Waals surface area contributed by atoms with Crippen molar-refractivity contribution >= 4 is 11.6 Å². The molecule has 0 aliphatic carbocycles. The highest BCUT2D eigenvalue weighted by molar-refractivity contribution is 5.93. The van der Waals surface area contributed by atoms with Crippen molar-refractivity contribution in [2.75, 3.05) is 11.9 Å². The average molecular weight is 237 g/mol. The van der Waals surface area contributed by atoms with Gasteiger partial charge in [0.15, 0.2) is 0 Å². The van der Waals surface area contributed by atoms with Gasteiger partial charge >= 0.3 is 6.01 Å². The molecule has 0 bridgehead atoms. The zero-order chi connectivity index (χ0) is 13.0. The van der Waals surface area contributed by atoms with Gasteiger partial charge in [-0.1, -0.05) is 13.8 Å². The molecule has 0 unspecified atom stereocenters. The van der Waals surface area contributed by atoms with Gasteiger partial charge in [0, 0.05) is 5.92 Å². The third-order valence-corrected chi connectivity index (χ3v) is 2.30. The highest BCUT2D eigenvalue weighted by Crippen LogP contribution is 2.20. The van der Waals surface area contributed by atoms with E-state index in [1.165, 1.54) is 0 Å². The third-order valence-electron chi connectivity index (χ3n) is 2.30. The van der Waals surface area contributed by atoms with Gasteiger partial charge in [-0.2, -0.15) is 9.97 Å². The van der Waals surface area contributed by atoms with Crippen LogP contribution in [0.2, 0.25) is 0 Å². The maximum atomic E-state index is 11.6. The Labute approximate surface area is 102 Å². The summed E-state index contributed by atoms with van der Waals surface area (Å²) in [5, 5.41) is 2.83. The first kappa shape index (κ1) is 13.4. The van der Waals surface area contributed by atoms with Crippen molar-refractivity contribution in [1.29, 1.82) is 0 Å². The average Bonchev–Trinajstić information content (AvgIpc) is 2.23. The van der Waals surface area contributed by atoms with Crippen LogP contribution >= 0.6 is 0 Å². The lowest BCUT2D eigenvalue weighted by Gasteiger charge is -2.13. The van der Waals surface area contributed by atoms with Gasteiger partial charge in [-0.25, -0.2) is 0 Å². The van der Waals surface area contributed by atoms with Gasteiger partial charge < -0.3 is 10.1 Å². The quantitative estimate of drug-likeness (QED) is 0.870. The zero-order valence-electron chi connectivity index (χ0n) is 11.0. The van der Waals surface area contributed by atoms with E-state index in [0.717, 1.165) is 11.4 Å². The van der Waals surface area contributed by atoms with Gasteiger partial charge in [0.1, 0.15) is 0 Å². The van der Waals surface area contributed by atoms with Crippen LogP contribution in [0.15, 0.2) is 0 Å². The Hall–Kier alpha value is -1.65. The molecule has 0 aliphatic rings. The van der Waals surface area contributed by atoms with E-state index in [1.807, 2.05) is 34.6 Å². The Bertz CT molecular complexity index is 393. The molecule has 5 nitrogen and oxygen atoms in total. The minimum Gasteiger partial charge on any atom is -0.464 e. The molecule has 0 spiro atoms. The van der Waals surface area contributed by atoms with Crippen molar-refractivity contribution in [2.24, 2.45) is 5.92 Å². The van der Waals surface area contributed by atoms with E-state index >= 15 is 0 Å². The molecule has 1 N–H and O–H groups in total. The summed E-state index contributed by atoms with van der Waals surface area (Å²) >= 11 is 0. The van der Waals surface area contributed by atoms with E-state index in [0.29, 0.717) is 18.3 Å². The molecule has 1 aromatic rings. The number of anilines is 1. The number of rotatable bonds is 4. The Morgan fingerprint density at radius 3 is 2.24 bits per heavy atom. The first-order valence-corrected chi connectivity index (χ1v) is 5.74. The molecule has 0 atom stereocenters. The van der Waals surface area contributed by atoms with Crippen LogP contribution in [0.3, 0.4) is 0 Å². The highest BCUT2D eigenvalue weighted by atomic mass is 16.5. The standard InChI is InChI=1S/C12H19N3O2/c1-6-17-12-13-8(4)10(9(5)14-12)15-11(16)7(2)3/h7H,6H2,1-5H3,(H,15,16). The molecule has 0 aliphatic heterocycles. The summed E-state index contributed by atoms with van der Waals surface area (Å²) in [5.41, 5.74) is 2.11. The van der Waals surface area contributed by atoms with Crippen LogP contribution in [0, 0.1) is 19.8 Å². The molecule has 0 fully saturated rings. The molecule has 1 amide bonds. The summed E-state index contributed by atoms with van der Waals surface area (Å²) < 4.78 is 5.24. The van der Waals surface area contributed by atoms with Crippen LogP contribution < -0.4 is 10.1 Å². The van der Waals surface area contributed by atoms with Crippen LogP contribution in [0.1, 0.15) is 32.2 Å². The summed E-state index contributed by atoms with van der Waals surface area (Å²) in [5.74, 6) is -0.107. The van der Waals surface area contributed by atoms with E-state index in [9.17, 15) is 4.79 Å². The number of carbonyl (C=O) groups excluding carboxylic acids is 1. The largest absolute Gasteiger partial charge is 0.464 e. The topological polar surface area (TPSA) is 64.1 Å². The molecule has 1 heterocycles. The molecule has 0 aromatic carbocycles. The van der Waals surface area contributed by atoms with E-state index in [1.54, 1.807) is 0 Å². The van der Waals surface area contributed by atoms with Crippen LogP contribution in [-0.2, 0) is 4.79 Å². The van der Waals surface area contributed by atoms with Crippen molar-refractivity contribution < 1.29 is 9.53 Å². The second kappa shape index (κ2) is 5.61. The fraction of sp³-hybridized carbons (Fsp3) is 0.583. The molecule has 0 saturated carbocycles. The number of hydrogen-bond donors (Lipinski definition) is 1. The number of aryl methyl sites for hydroxylation is 2. The number of carbonyl (C=O) groups is 1. The van der Waals surface area contributed by atoms with Crippen LogP contribution in [0.4, 0.5) is 5.69 Å². The van der Waals surface area contributed by atoms with Crippen LogP contribution in [0.5, 0.6) is 6.01 Å². The second-order valence-electron chi connectivity index (χ2n) is 4.13. The smallest absolute Gasteiger partial charge is 0.316 e. The van der Waals surface area contributed by atoms with Crippen LogP contribution in [0.25, 0.3) is 0 Å². The van der Waals surface area contributed by atoms with Crippen molar-refractivity contribution in [2.45, 2.75) is 34.6 Å². The number of ether oxygens (including phenoxy) is 1. The maximum absolute atomic E-state index is 11.6. The maximum Gasteiger partial charge on any atom is 0.316 e. The summed E-state index contributed by atoms with van der Waals surface area (Å²) in [7, 11) is 0. The predicted molar refractivity (Wildman–Crippen MR) is 66.1 cm³/mol. The van der Waals surface area contributed by atoms with Gasteiger partial charge in [-0.3, -0.25) is 4.79 Å². The van der Waals surface area contributed by atoms with Crippen molar-refractivity contribution in [3.05, 3.63) is 11.4 Å². The van der Waals surface area contributed by atoms with Crippen molar-refractivity contribution in [3.63, 3.8) is 0 Å². The van der Waals surface area contributed by atoms with Crippen molar-refractivity contribution in [1.82, 2.24) is 9.97 Å². The van der Waals surface area contributed by atoms with Gasteiger partial charge in [-0.05, 0) is 20.8 Å². The van der Waals surface area contributed by atoms with E-state index in [2.05, 4.69) is 15.3 Å². The second-order valence-corrected chi connectivity index (χ2v) is 4.13. The normalized spacial score (nSPS) is 10.5. The predicted octanol–water partition coefficient (Wildman–Crippen LogP) is 2.09. The lowest BCUT2D eigenvalue weighted by Crippen LogP contribution is -2.20. The first-order valence-electron chi connectivity index (χ1n) is 5.74. The summed E-state index contributed by atoms with van der Waals surface area (Å²) in [6, 6.07) is 0.352. The zero-order valence-corrected chi connectivity index (χ0v) is 11.0. The summed E-state index contributed by atoms with van der Waals surface area (Å²) in [6.07, 6.45) is 0. The molecule has 17 heavy (non-hydrogen) atoms. The fourth-order valence-corrected chi connectivity index (χ4v) is 1.33. The Morgan fingerprint density at radius 2 is 1.82 bits per heavy atom. The minimum absolute atomic E-state index is 0.0380. The number of hydrogen-bond acceptors (Lipinski definition) is 4. The molecular weight excluding hydrogens is 218 g/mol. The van der Waals surface area contributed by atoms with E-state index in [-0.39, 0.29) is 11.8 Å². The molecule has 94 valence electrons. The van der Waals surface area contributed by atoms with Crippen LogP contribution in [-0.4, -0.2) is 22.5 Å². The van der Waals surface area contributed by atoms with E-state index in [4.69, 9.17) is 4.74 Å². The Balaban J connectivity index is 2.97. The van der Waals surface area contributed by atoms with Gasteiger partial charge in [0.05, 0.1) is 23.7 Å². The highest BCUT2D eigenvalue weighted by Gasteiger charge is 2.13. The summed E-state index contributed by atoms with van der Waals surface area (Å²) in [4.78, 5) is 20.0. The first-order chi connectivity index (χ1) is 7.95. The number of nitrogens with one attached hydrogen (secondary N) is 1. The van der Waals surface area contributed by atoms with Gasteiger partial charge in [-0.15, -0.1) is 0 Å². The molecule has 0 saturated heterocycles. The molecule has 5 heteroatoms.